The predicted octanol–water partition coefficient (Wildman–Crippen LogP) is 4.42. The monoisotopic (exact) mass is 421 g/mol. The number of carbonyl (C=O) groups is 1. The van der Waals surface area contributed by atoms with E-state index in [1.165, 1.54) is 5.57 Å². The molecule has 0 saturated carbocycles. The Balaban J connectivity index is 1.79. The van der Waals surface area contributed by atoms with Gasteiger partial charge in [-0.25, -0.2) is 5.43 Å². The van der Waals surface area contributed by atoms with Crippen molar-refractivity contribution in [3.8, 4) is 11.5 Å². The number of hydrogen-bond acceptors (Lipinski definition) is 5. The molecular formula is C25H31N3O3. The second-order valence-corrected chi connectivity index (χ2v) is 8.16. The standard InChI is InChI=1S/C25H31N3O3/c1-7-28-22-14-23(31-6)19(13-21(22)17(2)15-25(28,3)4)16-26-27-24(29)12-18-9-8-10-20(11-18)30-5/h8-11,13-16H,7,12H2,1-6H3,(H,27,29)/b26-16+. The Morgan fingerprint density at radius 3 is 2.65 bits per heavy atom. The van der Waals surface area contributed by atoms with Crippen LogP contribution in [0.25, 0.3) is 5.57 Å². The van der Waals surface area contributed by atoms with Crippen LogP contribution in [0.2, 0.25) is 0 Å². The summed E-state index contributed by atoms with van der Waals surface area (Å²) in [6.45, 7) is 9.59. The van der Waals surface area contributed by atoms with Crippen LogP contribution in [0.15, 0.2) is 47.6 Å². The summed E-state index contributed by atoms with van der Waals surface area (Å²) in [5.41, 5.74) is 7.71. The summed E-state index contributed by atoms with van der Waals surface area (Å²) in [6.07, 6.45) is 4.13. The van der Waals surface area contributed by atoms with Gasteiger partial charge in [-0.05, 0) is 57.0 Å². The molecule has 0 aromatic heterocycles. The molecular weight excluding hydrogens is 390 g/mol. The molecule has 1 N–H and O–H groups in total. The van der Waals surface area contributed by atoms with Crippen LogP contribution in [0.3, 0.4) is 0 Å². The lowest BCUT2D eigenvalue weighted by molar-refractivity contribution is -0.120. The molecule has 2 aromatic rings. The van der Waals surface area contributed by atoms with Gasteiger partial charge in [0.2, 0.25) is 5.91 Å². The van der Waals surface area contributed by atoms with Gasteiger partial charge >= 0.3 is 0 Å². The van der Waals surface area contributed by atoms with E-state index in [1.54, 1.807) is 20.4 Å². The number of anilines is 1. The zero-order valence-corrected chi connectivity index (χ0v) is 19.2. The summed E-state index contributed by atoms with van der Waals surface area (Å²) >= 11 is 0. The number of carbonyl (C=O) groups excluding carboxylic acids is 1. The molecule has 0 radical (unpaired) electrons. The maximum absolute atomic E-state index is 12.3. The molecule has 6 heteroatoms. The Labute approximate surface area is 184 Å². The third kappa shape index (κ3) is 4.90. The van der Waals surface area contributed by atoms with Gasteiger partial charge in [0.25, 0.3) is 0 Å². The van der Waals surface area contributed by atoms with E-state index in [0.717, 1.165) is 34.7 Å². The fourth-order valence-corrected chi connectivity index (χ4v) is 4.16. The molecule has 0 aliphatic carbocycles. The van der Waals surface area contributed by atoms with Crippen LogP contribution in [0.1, 0.15) is 44.4 Å². The van der Waals surface area contributed by atoms with Gasteiger partial charge in [0.05, 0.1) is 32.4 Å². The van der Waals surface area contributed by atoms with E-state index >= 15 is 0 Å². The first-order valence-corrected chi connectivity index (χ1v) is 10.4. The van der Waals surface area contributed by atoms with Crippen molar-refractivity contribution in [2.24, 2.45) is 5.10 Å². The smallest absolute Gasteiger partial charge is 0.244 e. The highest BCUT2D eigenvalue weighted by Crippen LogP contribution is 2.41. The maximum Gasteiger partial charge on any atom is 0.244 e. The number of fused-ring (bicyclic) bond motifs is 1. The molecule has 164 valence electrons. The normalized spacial score (nSPS) is 14.8. The Morgan fingerprint density at radius 2 is 1.97 bits per heavy atom. The summed E-state index contributed by atoms with van der Waals surface area (Å²) in [5, 5.41) is 4.16. The van der Waals surface area contributed by atoms with E-state index < -0.39 is 0 Å². The second kappa shape index (κ2) is 9.25. The molecule has 0 unspecified atom stereocenters. The van der Waals surface area contributed by atoms with Gasteiger partial charge in [0.1, 0.15) is 11.5 Å². The fourth-order valence-electron chi connectivity index (χ4n) is 4.16. The van der Waals surface area contributed by atoms with Crippen molar-refractivity contribution in [1.29, 1.82) is 0 Å². The SMILES string of the molecule is CCN1c2cc(OC)c(/C=N/NC(=O)Cc3cccc(OC)c3)cc2C(C)=CC1(C)C. The van der Waals surface area contributed by atoms with E-state index in [9.17, 15) is 4.79 Å². The number of allylic oxidation sites excluding steroid dienone is 1. The predicted molar refractivity (Wildman–Crippen MR) is 126 cm³/mol. The zero-order valence-electron chi connectivity index (χ0n) is 19.2. The number of amides is 1. The number of methoxy groups -OCH3 is 2. The third-order valence-corrected chi connectivity index (χ3v) is 5.54. The van der Waals surface area contributed by atoms with E-state index in [4.69, 9.17) is 9.47 Å². The van der Waals surface area contributed by atoms with Gasteiger partial charge in [0, 0.05) is 29.4 Å². The summed E-state index contributed by atoms with van der Waals surface area (Å²) in [5.74, 6) is 1.24. The van der Waals surface area contributed by atoms with Crippen LogP contribution in [-0.2, 0) is 11.2 Å². The van der Waals surface area contributed by atoms with Gasteiger partial charge in [-0.3, -0.25) is 4.79 Å². The van der Waals surface area contributed by atoms with Gasteiger partial charge in [-0.1, -0.05) is 18.2 Å². The number of hydrogen-bond donors (Lipinski definition) is 1. The van der Waals surface area contributed by atoms with Crippen molar-refractivity contribution in [2.75, 3.05) is 25.7 Å². The largest absolute Gasteiger partial charge is 0.497 e. The first-order valence-electron chi connectivity index (χ1n) is 10.4. The first-order chi connectivity index (χ1) is 14.8. The van der Waals surface area contributed by atoms with Crippen LogP contribution in [0.5, 0.6) is 11.5 Å². The molecule has 1 heterocycles. The first kappa shape index (κ1) is 22.4. The Hall–Kier alpha value is -3.28. The Kier molecular flexibility index (Phi) is 6.68. The molecule has 0 atom stereocenters. The Morgan fingerprint density at radius 1 is 1.19 bits per heavy atom. The molecule has 1 aliphatic rings. The van der Waals surface area contributed by atoms with Crippen LogP contribution >= 0.6 is 0 Å². The molecule has 3 rings (SSSR count). The van der Waals surface area contributed by atoms with Crippen molar-refractivity contribution in [2.45, 2.75) is 39.7 Å². The lowest BCUT2D eigenvalue weighted by Crippen LogP contribution is -2.44. The highest BCUT2D eigenvalue weighted by molar-refractivity contribution is 5.91. The lowest BCUT2D eigenvalue weighted by Gasteiger charge is -2.43. The zero-order chi connectivity index (χ0) is 22.6. The third-order valence-electron chi connectivity index (χ3n) is 5.54. The van der Waals surface area contributed by atoms with Crippen LogP contribution in [0, 0.1) is 0 Å². The average Bonchev–Trinajstić information content (AvgIpc) is 2.73. The minimum absolute atomic E-state index is 0.0689. The van der Waals surface area contributed by atoms with Gasteiger partial charge in [-0.15, -0.1) is 0 Å². The summed E-state index contributed by atoms with van der Waals surface area (Å²) in [4.78, 5) is 14.6. The van der Waals surface area contributed by atoms with Crippen molar-refractivity contribution >= 4 is 23.4 Å². The minimum Gasteiger partial charge on any atom is -0.497 e. The molecule has 31 heavy (non-hydrogen) atoms. The molecule has 6 nitrogen and oxygen atoms in total. The van der Waals surface area contributed by atoms with Crippen molar-refractivity contribution < 1.29 is 14.3 Å². The molecule has 1 amide bonds. The number of benzene rings is 2. The second-order valence-electron chi connectivity index (χ2n) is 8.16. The summed E-state index contributed by atoms with van der Waals surface area (Å²) < 4.78 is 10.8. The maximum atomic E-state index is 12.3. The van der Waals surface area contributed by atoms with Crippen molar-refractivity contribution in [3.05, 3.63) is 59.2 Å². The molecule has 1 aliphatic heterocycles. The molecule has 2 aromatic carbocycles. The van der Waals surface area contributed by atoms with E-state index in [1.807, 2.05) is 24.3 Å². The van der Waals surface area contributed by atoms with E-state index in [-0.39, 0.29) is 17.9 Å². The van der Waals surface area contributed by atoms with E-state index in [0.29, 0.717) is 5.75 Å². The van der Waals surface area contributed by atoms with Crippen molar-refractivity contribution in [3.63, 3.8) is 0 Å². The van der Waals surface area contributed by atoms with Crippen LogP contribution < -0.4 is 19.8 Å². The number of ether oxygens (including phenoxy) is 2. The lowest BCUT2D eigenvalue weighted by atomic mass is 9.88. The molecule has 0 fully saturated rings. The number of nitrogens with zero attached hydrogens (tertiary/aromatic N) is 2. The van der Waals surface area contributed by atoms with Gasteiger partial charge in [0.15, 0.2) is 0 Å². The highest BCUT2D eigenvalue weighted by Gasteiger charge is 2.31. The average molecular weight is 422 g/mol. The molecule has 0 spiro atoms. The number of nitrogens with one attached hydrogen (secondary N) is 1. The molecule has 0 saturated heterocycles. The summed E-state index contributed by atoms with van der Waals surface area (Å²) in [6, 6.07) is 11.5. The highest BCUT2D eigenvalue weighted by atomic mass is 16.5. The quantitative estimate of drug-likeness (QED) is 0.531. The number of rotatable bonds is 7. The van der Waals surface area contributed by atoms with Gasteiger partial charge < -0.3 is 14.4 Å². The van der Waals surface area contributed by atoms with E-state index in [2.05, 4.69) is 61.3 Å². The van der Waals surface area contributed by atoms with Crippen molar-refractivity contribution in [1.82, 2.24) is 5.43 Å². The number of hydrazone groups is 1. The minimum atomic E-state index is -0.198. The number of likely N-dealkylation sites (N-methyl/N-ethyl adjacent to an activating group) is 1. The van der Waals surface area contributed by atoms with Gasteiger partial charge in [-0.2, -0.15) is 5.10 Å². The fraction of sp³-hybridized carbons (Fsp3) is 0.360. The summed E-state index contributed by atoms with van der Waals surface area (Å²) in [7, 11) is 3.25. The van der Waals surface area contributed by atoms with Crippen LogP contribution in [0.4, 0.5) is 5.69 Å². The topological polar surface area (TPSA) is 63.2 Å². The van der Waals surface area contributed by atoms with Crippen LogP contribution in [-0.4, -0.2) is 38.4 Å². The Bertz CT molecular complexity index is 1020. The molecule has 0 bridgehead atoms.